The highest BCUT2D eigenvalue weighted by Crippen LogP contribution is 2.34. The van der Waals surface area contributed by atoms with Crippen molar-refractivity contribution in [2.45, 2.75) is 0 Å². The van der Waals surface area contributed by atoms with Gasteiger partial charge in [0.1, 0.15) is 5.69 Å². The molecule has 6 aromatic rings. The Kier molecular flexibility index (Phi) is 4.40. The Labute approximate surface area is 190 Å². The Morgan fingerprint density at radius 2 is 1.55 bits per heavy atom. The first kappa shape index (κ1) is 19.2. The van der Waals surface area contributed by atoms with Crippen molar-refractivity contribution in [3.8, 4) is 33.8 Å². The summed E-state index contributed by atoms with van der Waals surface area (Å²) in [6, 6.07) is 16.5. The Morgan fingerprint density at radius 1 is 0.697 bits per heavy atom. The Bertz CT molecular complexity index is 1600. The van der Waals surface area contributed by atoms with Crippen LogP contribution in [0.1, 0.15) is 0 Å². The van der Waals surface area contributed by atoms with E-state index in [1.807, 2.05) is 50.9 Å². The molecule has 0 saturated carbocycles. The molecule has 0 aliphatic carbocycles. The number of hydrogen-bond donors (Lipinski definition) is 2. The van der Waals surface area contributed by atoms with Gasteiger partial charge in [0.25, 0.3) is 0 Å². The number of H-pyrrole nitrogens is 2. The maximum absolute atomic E-state index is 4.63. The number of anilines is 1. The summed E-state index contributed by atoms with van der Waals surface area (Å²) < 4.78 is 0. The van der Waals surface area contributed by atoms with Gasteiger partial charge in [-0.3, -0.25) is 20.1 Å². The van der Waals surface area contributed by atoms with Crippen molar-refractivity contribution >= 4 is 27.5 Å². The smallest absolute Gasteiger partial charge is 0.116 e. The lowest BCUT2D eigenvalue weighted by atomic mass is 10.0. The van der Waals surface area contributed by atoms with E-state index in [1.54, 1.807) is 12.4 Å². The van der Waals surface area contributed by atoms with Crippen LogP contribution in [0, 0.1) is 0 Å². The van der Waals surface area contributed by atoms with Crippen LogP contribution < -0.4 is 4.90 Å². The molecule has 0 bridgehead atoms. The number of aromatic amines is 2. The SMILES string of the molecule is CN(C)c1cncc(-c2ccc3[nH]nc(-c4cc5c(-c6ccncc6)nccc5[nH]4)c3c2)c1. The molecular formula is C26H21N7. The van der Waals surface area contributed by atoms with E-state index < -0.39 is 0 Å². The lowest BCUT2D eigenvalue weighted by Gasteiger charge is -2.13. The summed E-state index contributed by atoms with van der Waals surface area (Å²) in [5.41, 5.74) is 8.99. The largest absolute Gasteiger partial charge is 0.376 e. The standard InChI is InChI=1S/C26H21N7/c1-33(2)19-11-18(14-28-15-19)17-3-4-23-20(12-17)26(32-31-23)24-13-21-22(30-24)7-10-29-25(21)16-5-8-27-9-6-16/h3-15,30H,1-2H3,(H,31,32). The molecular weight excluding hydrogens is 410 g/mol. The van der Waals surface area contributed by atoms with Crippen LogP contribution in [0.4, 0.5) is 5.69 Å². The molecule has 7 nitrogen and oxygen atoms in total. The van der Waals surface area contributed by atoms with Crippen molar-refractivity contribution < 1.29 is 0 Å². The normalized spacial score (nSPS) is 11.3. The lowest BCUT2D eigenvalue weighted by molar-refractivity contribution is 1.11. The predicted octanol–water partition coefficient (Wildman–Crippen LogP) is 5.30. The van der Waals surface area contributed by atoms with Crippen LogP contribution in [-0.2, 0) is 0 Å². The molecule has 1 aromatic carbocycles. The van der Waals surface area contributed by atoms with Crippen molar-refractivity contribution in [3.05, 3.63) is 79.5 Å². The summed E-state index contributed by atoms with van der Waals surface area (Å²) in [6.45, 7) is 0. The van der Waals surface area contributed by atoms with Gasteiger partial charge in [0.15, 0.2) is 0 Å². The van der Waals surface area contributed by atoms with Gasteiger partial charge < -0.3 is 9.88 Å². The summed E-state index contributed by atoms with van der Waals surface area (Å²) in [4.78, 5) is 18.7. The van der Waals surface area contributed by atoms with E-state index in [2.05, 4.69) is 65.4 Å². The third kappa shape index (κ3) is 3.30. The molecule has 5 heterocycles. The summed E-state index contributed by atoms with van der Waals surface area (Å²) in [5, 5.41) is 9.90. The number of rotatable bonds is 4. The average Bonchev–Trinajstić information content (AvgIpc) is 3.48. The molecule has 0 fully saturated rings. The molecule has 33 heavy (non-hydrogen) atoms. The van der Waals surface area contributed by atoms with E-state index in [4.69, 9.17) is 0 Å². The van der Waals surface area contributed by atoms with Gasteiger partial charge in [-0.2, -0.15) is 5.10 Å². The van der Waals surface area contributed by atoms with Crippen LogP contribution in [0.2, 0.25) is 0 Å². The van der Waals surface area contributed by atoms with Crippen LogP contribution in [0.3, 0.4) is 0 Å². The number of aromatic nitrogens is 6. The molecule has 7 heteroatoms. The molecule has 0 saturated heterocycles. The molecule has 0 radical (unpaired) electrons. The van der Waals surface area contributed by atoms with Gasteiger partial charge in [-0.25, -0.2) is 0 Å². The van der Waals surface area contributed by atoms with E-state index in [0.717, 1.165) is 61.3 Å². The molecule has 0 aliphatic rings. The number of benzene rings is 1. The minimum absolute atomic E-state index is 0.875. The van der Waals surface area contributed by atoms with Crippen LogP contribution in [0.25, 0.3) is 55.6 Å². The zero-order valence-corrected chi connectivity index (χ0v) is 18.2. The molecule has 0 spiro atoms. The second kappa shape index (κ2) is 7.56. The molecule has 0 atom stereocenters. The van der Waals surface area contributed by atoms with E-state index in [-0.39, 0.29) is 0 Å². The van der Waals surface area contributed by atoms with Crippen LogP contribution in [-0.4, -0.2) is 44.2 Å². The molecule has 2 N–H and O–H groups in total. The average molecular weight is 432 g/mol. The number of hydrogen-bond acceptors (Lipinski definition) is 5. The fourth-order valence-electron chi connectivity index (χ4n) is 4.15. The number of nitrogens with one attached hydrogen (secondary N) is 2. The van der Waals surface area contributed by atoms with E-state index >= 15 is 0 Å². The minimum Gasteiger partial charge on any atom is -0.376 e. The number of fused-ring (bicyclic) bond motifs is 2. The monoisotopic (exact) mass is 431 g/mol. The van der Waals surface area contributed by atoms with Gasteiger partial charge in [-0.05, 0) is 48.0 Å². The van der Waals surface area contributed by atoms with Gasteiger partial charge in [-0.1, -0.05) is 6.07 Å². The fourth-order valence-corrected chi connectivity index (χ4v) is 4.15. The van der Waals surface area contributed by atoms with Gasteiger partial charge in [0, 0.05) is 66.3 Å². The van der Waals surface area contributed by atoms with Crippen LogP contribution in [0.5, 0.6) is 0 Å². The number of nitrogens with zero attached hydrogens (tertiary/aromatic N) is 5. The summed E-state index contributed by atoms with van der Waals surface area (Å²) in [5.74, 6) is 0. The van der Waals surface area contributed by atoms with Crippen LogP contribution >= 0.6 is 0 Å². The zero-order valence-electron chi connectivity index (χ0n) is 18.2. The molecule has 0 aliphatic heterocycles. The van der Waals surface area contributed by atoms with Crippen molar-refractivity contribution in [1.29, 1.82) is 0 Å². The highest BCUT2D eigenvalue weighted by atomic mass is 15.1. The van der Waals surface area contributed by atoms with Crippen molar-refractivity contribution in [2.75, 3.05) is 19.0 Å². The van der Waals surface area contributed by atoms with E-state index in [9.17, 15) is 0 Å². The third-order valence-corrected chi connectivity index (χ3v) is 5.89. The van der Waals surface area contributed by atoms with Crippen molar-refractivity contribution in [2.24, 2.45) is 0 Å². The Balaban J connectivity index is 1.48. The second-order valence-electron chi connectivity index (χ2n) is 8.20. The summed E-state index contributed by atoms with van der Waals surface area (Å²) >= 11 is 0. The highest BCUT2D eigenvalue weighted by Gasteiger charge is 2.15. The minimum atomic E-state index is 0.875. The van der Waals surface area contributed by atoms with Gasteiger partial charge >= 0.3 is 0 Å². The van der Waals surface area contributed by atoms with E-state index in [0.29, 0.717) is 0 Å². The first-order valence-electron chi connectivity index (χ1n) is 10.7. The van der Waals surface area contributed by atoms with Gasteiger partial charge in [0.05, 0.1) is 28.8 Å². The van der Waals surface area contributed by atoms with Crippen molar-refractivity contribution in [3.63, 3.8) is 0 Å². The second-order valence-corrected chi connectivity index (χ2v) is 8.20. The topological polar surface area (TPSA) is 86.4 Å². The van der Waals surface area contributed by atoms with E-state index in [1.165, 1.54) is 0 Å². The lowest BCUT2D eigenvalue weighted by Crippen LogP contribution is -2.08. The molecule has 6 rings (SSSR count). The number of pyridine rings is 3. The third-order valence-electron chi connectivity index (χ3n) is 5.89. The Morgan fingerprint density at radius 3 is 2.39 bits per heavy atom. The first-order valence-corrected chi connectivity index (χ1v) is 10.7. The fraction of sp³-hybridized carbons (Fsp3) is 0.0769. The molecule has 5 aromatic heterocycles. The first-order chi connectivity index (χ1) is 16.2. The maximum atomic E-state index is 4.63. The molecule has 160 valence electrons. The Hall–Kier alpha value is -4.52. The molecule has 0 amide bonds. The molecule has 0 unspecified atom stereocenters. The van der Waals surface area contributed by atoms with Crippen LogP contribution in [0.15, 0.2) is 79.5 Å². The maximum Gasteiger partial charge on any atom is 0.116 e. The quantitative estimate of drug-likeness (QED) is 0.396. The van der Waals surface area contributed by atoms with Crippen molar-refractivity contribution in [1.82, 2.24) is 30.1 Å². The van der Waals surface area contributed by atoms with Gasteiger partial charge in [-0.15, -0.1) is 0 Å². The summed E-state index contributed by atoms with van der Waals surface area (Å²) in [6.07, 6.45) is 9.15. The van der Waals surface area contributed by atoms with Gasteiger partial charge in [0.2, 0.25) is 0 Å². The summed E-state index contributed by atoms with van der Waals surface area (Å²) in [7, 11) is 4.03. The zero-order chi connectivity index (χ0) is 22.4. The predicted molar refractivity (Wildman–Crippen MR) is 132 cm³/mol. The highest BCUT2D eigenvalue weighted by molar-refractivity contribution is 6.00.